The number of benzene rings is 3. The molecule has 0 spiro atoms. The molecule has 0 radical (unpaired) electrons. The van der Waals surface area contributed by atoms with Crippen molar-refractivity contribution >= 4 is 16.0 Å². The Kier molecular flexibility index (Phi) is 8.37. The maximum Gasteiger partial charge on any atom is 0.285 e. The Morgan fingerprint density at radius 3 is 1.47 bits per heavy atom. The molecule has 0 bridgehead atoms. The Balaban J connectivity index is 0.000000658. The van der Waals surface area contributed by atoms with Gasteiger partial charge in [0.25, 0.3) is 10.0 Å². The van der Waals surface area contributed by atoms with Gasteiger partial charge in [0, 0.05) is 35.4 Å². The van der Waals surface area contributed by atoms with Crippen molar-refractivity contribution in [2.24, 2.45) is 15.9 Å². The molecule has 0 aliphatic carbocycles. The van der Waals surface area contributed by atoms with Crippen LogP contribution in [0.4, 0.5) is 0 Å². The standard InChI is InChI=1S/C24H21N4O2S.ClHO4/c25-24(26)27-31(29,30)21-16-14-20(15-17-21)28-22(18-8-3-1-4-9-18)12-7-13-23(28)19-10-5-2-6-11-19;2-1(3,4)5/h1-17H,(H4,25,26,27);(H,2,3,4,5)/q+1;/p-1. The topological polar surface area (TPSA) is 195 Å². The van der Waals surface area contributed by atoms with Gasteiger partial charge in [0.2, 0.25) is 23.0 Å². The summed E-state index contributed by atoms with van der Waals surface area (Å²) in [5.41, 5.74) is 15.3. The number of nitrogens with zero attached hydrogens (tertiary/aromatic N) is 2. The Morgan fingerprint density at radius 2 is 1.08 bits per heavy atom. The maximum atomic E-state index is 12.3. The van der Waals surface area contributed by atoms with Crippen LogP contribution in [-0.4, -0.2) is 14.4 Å². The fraction of sp³-hybridized carbons (Fsp3) is 0. The molecule has 1 heterocycles. The van der Waals surface area contributed by atoms with Crippen LogP contribution in [0.5, 0.6) is 0 Å². The molecule has 36 heavy (non-hydrogen) atoms. The molecular weight excluding hydrogens is 508 g/mol. The number of halogens is 1. The molecule has 186 valence electrons. The largest absolute Gasteiger partial charge is 0.369 e. The monoisotopic (exact) mass is 528 g/mol. The van der Waals surface area contributed by atoms with Gasteiger partial charge >= 0.3 is 0 Å². The summed E-state index contributed by atoms with van der Waals surface area (Å²) in [4.78, 5) is 0.0173. The van der Waals surface area contributed by atoms with Crippen LogP contribution in [-0.2, 0) is 10.0 Å². The van der Waals surface area contributed by atoms with Crippen LogP contribution in [0.2, 0.25) is 0 Å². The summed E-state index contributed by atoms with van der Waals surface area (Å²) in [6.45, 7) is 0. The molecule has 4 aromatic rings. The van der Waals surface area contributed by atoms with Gasteiger partial charge in [0.1, 0.15) is 0 Å². The van der Waals surface area contributed by atoms with Crippen LogP contribution in [0, 0.1) is 10.2 Å². The Labute approximate surface area is 209 Å². The first-order valence-electron chi connectivity index (χ1n) is 10.2. The molecule has 0 saturated carbocycles. The van der Waals surface area contributed by atoms with E-state index in [0.717, 1.165) is 28.2 Å². The normalized spacial score (nSPS) is 11.2. The molecule has 3 aromatic carbocycles. The second-order valence-electron chi connectivity index (χ2n) is 7.23. The summed E-state index contributed by atoms with van der Waals surface area (Å²) in [7, 11) is -8.90. The van der Waals surface area contributed by atoms with Gasteiger partial charge in [-0.05, 0) is 42.5 Å². The second kappa shape index (κ2) is 11.3. The van der Waals surface area contributed by atoms with E-state index in [4.69, 9.17) is 30.1 Å². The van der Waals surface area contributed by atoms with E-state index >= 15 is 0 Å². The van der Waals surface area contributed by atoms with Crippen molar-refractivity contribution in [2.45, 2.75) is 4.90 Å². The highest BCUT2D eigenvalue weighted by molar-refractivity contribution is 7.90. The molecule has 4 N–H and O–H groups in total. The lowest BCUT2D eigenvalue weighted by Gasteiger charge is -2.17. The van der Waals surface area contributed by atoms with Crippen molar-refractivity contribution in [2.75, 3.05) is 0 Å². The third kappa shape index (κ3) is 7.33. The summed E-state index contributed by atoms with van der Waals surface area (Å²) in [5.74, 6) is -0.501. The lowest BCUT2D eigenvalue weighted by molar-refractivity contribution is -2.00. The fourth-order valence-corrected chi connectivity index (χ4v) is 4.28. The van der Waals surface area contributed by atoms with Crippen molar-refractivity contribution in [1.82, 2.24) is 0 Å². The highest BCUT2D eigenvalue weighted by Gasteiger charge is 2.23. The number of guanidine groups is 1. The number of nitrogens with two attached hydrogens (primary N) is 2. The van der Waals surface area contributed by atoms with Crippen molar-refractivity contribution in [3.8, 4) is 28.2 Å². The molecule has 1 aromatic heterocycles. The lowest BCUT2D eigenvalue weighted by atomic mass is 10.1. The quantitative estimate of drug-likeness (QED) is 0.177. The van der Waals surface area contributed by atoms with Gasteiger partial charge in [-0.15, -0.1) is 14.6 Å². The van der Waals surface area contributed by atoms with Crippen molar-refractivity contribution in [1.29, 1.82) is 0 Å². The number of sulfonamides is 1. The van der Waals surface area contributed by atoms with Gasteiger partial charge in [-0.25, -0.2) is 18.6 Å². The molecule has 0 saturated heterocycles. The Morgan fingerprint density at radius 1 is 0.667 bits per heavy atom. The zero-order valence-electron chi connectivity index (χ0n) is 18.6. The number of pyridine rings is 1. The summed E-state index contributed by atoms with van der Waals surface area (Å²) >= 11 is 0. The second-order valence-corrected chi connectivity index (χ2v) is 9.59. The van der Waals surface area contributed by atoms with Gasteiger partial charge in [-0.2, -0.15) is 13.0 Å². The van der Waals surface area contributed by atoms with E-state index < -0.39 is 26.2 Å². The number of hydrogen-bond acceptors (Lipinski definition) is 6. The van der Waals surface area contributed by atoms with Crippen molar-refractivity contribution < 1.29 is 41.9 Å². The Hall–Kier alpha value is -3.84. The van der Waals surface area contributed by atoms with E-state index in [-0.39, 0.29) is 4.90 Å². The lowest BCUT2D eigenvalue weighted by Crippen LogP contribution is -2.68. The first-order valence-corrected chi connectivity index (χ1v) is 12.9. The minimum atomic E-state index is -4.94. The zero-order valence-corrected chi connectivity index (χ0v) is 20.2. The van der Waals surface area contributed by atoms with E-state index in [0.29, 0.717) is 0 Å². The van der Waals surface area contributed by atoms with E-state index in [1.807, 2.05) is 78.9 Å². The van der Waals surface area contributed by atoms with Crippen LogP contribution in [0.15, 0.2) is 112 Å². The summed E-state index contributed by atoms with van der Waals surface area (Å²) < 4.78 is 64.0. The minimum absolute atomic E-state index is 0.0173. The predicted molar refractivity (Wildman–Crippen MR) is 122 cm³/mol. The smallest absolute Gasteiger partial charge is 0.285 e. The maximum absolute atomic E-state index is 12.3. The fourth-order valence-electron chi connectivity index (χ4n) is 3.41. The van der Waals surface area contributed by atoms with Gasteiger partial charge in [-0.3, -0.25) is 0 Å². The SMILES string of the molecule is NC(N)=NS(=O)(=O)c1ccc(-[n+]2c(-c3ccccc3)cccc2-c2ccccc2)cc1.[O-][Cl+3]([O-])([O-])[O-]. The Bertz CT molecular complexity index is 1380. The highest BCUT2D eigenvalue weighted by atomic mass is 35.7. The molecular formula is C24H21ClN4O6S. The third-order valence-electron chi connectivity index (χ3n) is 4.75. The number of hydrogen-bond donors (Lipinski definition) is 2. The summed E-state index contributed by atoms with van der Waals surface area (Å²) in [5, 5.41) is 0. The van der Waals surface area contributed by atoms with Crippen LogP contribution >= 0.6 is 0 Å². The van der Waals surface area contributed by atoms with Crippen LogP contribution in [0.3, 0.4) is 0 Å². The number of aromatic nitrogens is 1. The molecule has 0 atom stereocenters. The first-order chi connectivity index (χ1) is 17.0. The molecule has 4 rings (SSSR count). The van der Waals surface area contributed by atoms with Gasteiger partial charge in [-0.1, -0.05) is 36.4 Å². The van der Waals surface area contributed by atoms with Crippen LogP contribution in [0.1, 0.15) is 0 Å². The highest BCUT2D eigenvalue weighted by Crippen LogP contribution is 2.24. The summed E-state index contributed by atoms with van der Waals surface area (Å²) in [6, 6.07) is 32.6. The molecule has 0 aliphatic heterocycles. The zero-order chi connectivity index (χ0) is 26.3. The number of rotatable bonds is 5. The van der Waals surface area contributed by atoms with Gasteiger partial charge < -0.3 is 11.5 Å². The molecule has 0 amide bonds. The average Bonchev–Trinajstić information content (AvgIpc) is 2.83. The van der Waals surface area contributed by atoms with Crippen LogP contribution < -0.4 is 34.7 Å². The van der Waals surface area contributed by atoms with Crippen molar-refractivity contribution in [3.05, 3.63) is 103 Å². The van der Waals surface area contributed by atoms with E-state index in [1.54, 1.807) is 12.1 Å². The van der Waals surface area contributed by atoms with Crippen molar-refractivity contribution in [3.63, 3.8) is 0 Å². The van der Waals surface area contributed by atoms with E-state index in [9.17, 15) is 8.42 Å². The van der Waals surface area contributed by atoms with E-state index in [1.165, 1.54) is 12.1 Å². The molecule has 0 unspecified atom stereocenters. The average molecular weight is 529 g/mol. The van der Waals surface area contributed by atoms with Crippen LogP contribution in [0.25, 0.3) is 28.2 Å². The first kappa shape index (κ1) is 26.8. The van der Waals surface area contributed by atoms with E-state index in [2.05, 4.69) is 8.96 Å². The minimum Gasteiger partial charge on any atom is -0.369 e. The molecule has 0 aliphatic rings. The molecule has 0 fully saturated rings. The summed E-state index contributed by atoms with van der Waals surface area (Å²) in [6.07, 6.45) is 0. The molecule has 12 heteroatoms. The van der Waals surface area contributed by atoms with Gasteiger partial charge in [0.15, 0.2) is 0 Å². The van der Waals surface area contributed by atoms with Gasteiger partial charge in [0.05, 0.1) is 4.90 Å². The molecule has 10 nitrogen and oxygen atoms in total. The predicted octanol–water partition coefficient (Wildman–Crippen LogP) is -1.50. The third-order valence-corrected chi connectivity index (χ3v) is 6.07.